The summed E-state index contributed by atoms with van der Waals surface area (Å²) in [5.74, 6) is 0.509. The maximum absolute atomic E-state index is 11.7. The largest absolute Gasteiger partial charge is 0.497 e. The van der Waals surface area contributed by atoms with Crippen LogP contribution in [0, 0.1) is 0 Å². The zero-order chi connectivity index (χ0) is 16.4. The van der Waals surface area contributed by atoms with E-state index in [4.69, 9.17) is 17.0 Å². The van der Waals surface area contributed by atoms with Gasteiger partial charge in [-0.3, -0.25) is 15.6 Å². The van der Waals surface area contributed by atoms with Gasteiger partial charge in [0.1, 0.15) is 5.75 Å². The number of nitrogens with zero attached hydrogens (tertiary/aromatic N) is 1. The van der Waals surface area contributed by atoms with E-state index in [0.29, 0.717) is 11.7 Å². The summed E-state index contributed by atoms with van der Waals surface area (Å²) in [6.45, 7) is 1.68. The molecule has 0 bridgehead atoms. The van der Waals surface area contributed by atoms with E-state index in [0.717, 1.165) is 18.0 Å². The number of likely N-dealkylation sites (N-methyl/N-ethyl adjacent to an activating group) is 1. The van der Waals surface area contributed by atoms with Crippen LogP contribution in [-0.2, 0) is 4.79 Å². The Hall–Kier alpha value is -2.06. The third kappa shape index (κ3) is 7.65. The van der Waals surface area contributed by atoms with Crippen LogP contribution in [0.2, 0.25) is 0 Å². The van der Waals surface area contributed by atoms with Crippen LogP contribution in [0.3, 0.4) is 0 Å². The fourth-order valence-electron chi connectivity index (χ4n) is 1.52. The molecule has 122 valence electrons. The summed E-state index contributed by atoms with van der Waals surface area (Å²) >= 11 is 5.04. The Bertz CT molecular complexity index is 496. The maximum Gasteiger partial charge on any atom is 0.257 e. The summed E-state index contributed by atoms with van der Waals surface area (Å²) in [6.07, 6.45) is 0. The number of hydrogen-bond donors (Lipinski definition) is 4. The van der Waals surface area contributed by atoms with Gasteiger partial charge in [0.05, 0.1) is 13.7 Å². The normalized spacial score (nSPS) is 10.0. The van der Waals surface area contributed by atoms with Gasteiger partial charge in [0.15, 0.2) is 5.11 Å². The molecule has 22 heavy (non-hydrogen) atoms. The summed E-state index contributed by atoms with van der Waals surface area (Å²) in [4.78, 5) is 13.7. The monoisotopic (exact) mass is 325 g/mol. The molecule has 0 fully saturated rings. The minimum Gasteiger partial charge on any atom is -0.497 e. The molecule has 0 aliphatic carbocycles. The van der Waals surface area contributed by atoms with E-state index in [2.05, 4.69) is 21.5 Å². The van der Waals surface area contributed by atoms with E-state index in [1.165, 1.54) is 0 Å². The van der Waals surface area contributed by atoms with E-state index >= 15 is 0 Å². The number of anilines is 1. The Balaban J connectivity index is 2.21. The average Bonchev–Trinajstić information content (AvgIpc) is 2.50. The quantitative estimate of drug-likeness (QED) is 0.420. The number of amides is 1. The predicted molar refractivity (Wildman–Crippen MR) is 91.9 cm³/mol. The molecule has 7 nitrogen and oxygen atoms in total. The number of methoxy groups -OCH3 is 1. The van der Waals surface area contributed by atoms with Crippen LogP contribution in [0.1, 0.15) is 0 Å². The lowest BCUT2D eigenvalue weighted by molar-refractivity contribution is -0.119. The molecule has 0 unspecified atom stereocenters. The number of rotatable bonds is 7. The Morgan fingerprint density at radius 2 is 2.09 bits per heavy atom. The molecule has 8 heteroatoms. The molecule has 1 amide bonds. The highest BCUT2D eigenvalue weighted by Crippen LogP contribution is 2.16. The minimum atomic E-state index is -0.223. The van der Waals surface area contributed by atoms with Crippen molar-refractivity contribution in [2.75, 3.05) is 46.2 Å². The van der Waals surface area contributed by atoms with Gasteiger partial charge in [-0.1, -0.05) is 6.07 Å². The van der Waals surface area contributed by atoms with Crippen molar-refractivity contribution in [1.29, 1.82) is 0 Å². The van der Waals surface area contributed by atoms with Crippen molar-refractivity contribution in [1.82, 2.24) is 21.1 Å². The van der Waals surface area contributed by atoms with E-state index in [1.807, 2.05) is 43.3 Å². The summed E-state index contributed by atoms with van der Waals surface area (Å²) in [7, 11) is 5.55. The van der Waals surface area contributed by atoms with Crippen LogP contribution >= 0.6 is 12.2 Å². The van der Waals surface area contributed by atoms with Gasteiger partial charge in [-0.05, 0) is 38.4 Å². The van der Waals surface area contributed by atoms with Gasteiger partial charge in [0.2, 0.25) is 0 Å². The van der Waals surface area contributed by atoms with Crippen molar-refractivity contribution in [2.24, 2.45) is 0 Å². The molecular weight excluding hydrogens is 302 g/mol. The SMILES string of the molecule is COc1cccc(NCC(=O)NNC(=S)NCCN(C)C)c1. The van der Waals surface area contributed by atoms with Gasteiger partial charge in [-0.25, -0.2) is 0 Å². The van der Waals surface area contributed by atoms with Gasteiger partial charge in [0.25, 0.3) is 5.91 Å². The molecule has 0 saturated heterocycles. The first-order valence-electron chi connectivity index (χ1n) is 6.86. The molecule has 0 heterocycles. The molecule has 0 spiro atoms. The minimum absolute atomic E-state index is 0.125. The number of ether oxygens (including phenoxy) is 1. The van der Waals surface area contributed by atoms with Crippen LogP contribution in [-0.4, -0.2) is 56.8 Å². The predicted octanol–water partition coefficient (Wildman–Crippen LogP) is 0.164. The summed E-state index contributed by atoms with van der Waals surface area (Å²) in [5, 5.41) is 6.37. The van der Waals surface area contributed by atoms with Gasteiger partial charge in [-0.2, -0.15) is 0 Å². The topological polar surface area (TPSA) is 77.7 Å². The van der Waals surface area contributed by atoms with Crippen LogP contribution in [0.15, 0.2) is 24.3 Å². The van der Waals surface area contributed by atoms with E-state index in [-0.39, 0.29) is 12.5 Å². The zero-order valence-electron chi connectivity index (χ0n) is 13.1. The maximum atomic E-state index is 11.7. The Kier molecular flexibility index (Phi) is 8.01. The molecule has 1 aromatic rings. The van der Waals surface area contributed by atoms with Gasteiger partial charge in [-0.15, -0.1) is 0 Å². The van der Waals surface area contributed by atoms with E-state index in [9.17, 15) is 4.79 Å². The molecule has 4 N–H and O–H groups in total. The van der Waals surface area contributed by atoms with Crippen LogP contribution < -0.4 is 26.2 Å². The van der Waals surface area contributed by atoms with Gasteiger partial charge < -0.3 is 20.3 Å². The molecule has 0 aliphatic rings. The lowest BCUT2D eigenvalue weighted by Gasteiger charge is -2.14. The lowest BCUT2D eigenvalue weighted by Crippen LogP contribution is -2.49. The van der Waals surface area contributed by atoms with Crippen LogP contribution in [0.5, 0.6) is 5.75 Å². The van der Waals surface area contributed by atoms with Crippen molar-refractivity contribution in [3.8, 4) is 5.75 Å². The zero-order valence-corrected chi connectivity index (χ0v) is 13.9. The van der Waals surface area contributed by atoms with Crippen molar-refractivity contribution in [2.45, 2.75) is 0 Å². The summed E-state index contributed by atoms with van der Waals surface area (Å²) in [5.41, 5.74) is 5.98. The Labute approximate surface area is 136 Å². The number of benzene rings is 1. The average molecular weight is 325 g/mol. The van der Waals surface area contributed by atoms with E-state index < -0.39 is 0 Å². The molecule has 0 atom stereocenters. The first-order valence-corrected chi connectivity index (χ1v) is 7.27. The molecule has 1 aromatic carbocycles. The second kappa shape index (κ2) is 9.80. The molecule has 0 aliphatic heterocycles. The fourth-order valence-corrected chi connectivity index (χ4v) is 1.68. The third-order valence-corrected chi connectivity index (χ3v) is 2.93. The van der Waals surface area contributed by atoms with Gasteiger partial charge in [0, 0.05) is 24.8 Å². The molecule has 1 rings (SSSR count). The van der Waals surface area contributed by atoms with Crippen molar-refractivity contribution >= 4 is 28.9 Å². The lowest BCUT2D eigenvalue weighted by atomic mass is 10.3. The molecular formula is C14H23N5O2S. The highest BCUT2D eigenvalue weighted by Gasteiger charge is 2.02. The Morgan fingerprint density at radius 3 is 2.77 bits per heavy atom. The number of nitrogens with one attached hydrogen (secondary N) is 4. The molecule has 0 saturated carbocycles. The third-order valence-electron chi connectivity index (χ3n) is 2.68. The highest BCUT2D eigenvalue weighted by molar-refractivity contribution is 7.80. The Morgan fingerprint density at radius 1 is 1.32 bits per heavy atom. The first-order chi connectivity index (χ1) is 10.5. The van der Waals surface area contributed by atoms with Crippen molar-refractivity contribution < 1.29 is 9.53 Å². The number of thiocarbonyl (C=S) groups is 1. The highest BCUT2D eigenvalue weighted by atomic mass is 32.1. The van der Waals surface area contributed by atoms with E-state index in [1.54, 1.807) is 7.11 Å². The second-order valence-corrected chi connectivity index (χ2v) is 5.23. The fraction of sp³-hybridized carbons (Fsp3) is 0.429. The van der Waals surface area contributed by atoms with Crippen LogP contribution in [0.25, 0.3) is 0 Å². The summed E-state index contributed by atoms with van der Waals surface area (Å²) < 4.78 is 5.11. The van der Waals surface area contributed by atoms with Crippen molar-refractivity contribution in [3.05, 3.63) is 24.3 Å². The van der Waals surface area contributed by atoms with Gasteiger partial charge >= 0.3 is 0 Å². The number of carbonyl (C=O) groups is 1. The number of hydrogen-bond acceptors (Lipinski definition) is 5. The molecule has 0 aromatic heterocycles. The second-order valence-electron chi connectivity index (χ2n) is 4.82. The number of carbonyl (C=O) groups excluding carboxylic acids is 1. The number of hydrazine groups is 1. The van der Waals surface area contributed by atoms with Crippen molar-refractivity contribution in [3.63, 3.8) is 0 Å². The standard InChI is InChI=1S/C14H23N5O2S/c1-19(2)8-7-15-14(22)18-17-13(20)10-16-11-5-4-6-12(9-11)21-3/h4-6,9,16H,7-8,10H2,1-3H3,(H,17,20)(H2,15,18,22). The smallest absolute Gasteiger partial charge is 0.257 e. The van der Waals surface area contributed by atoms with Crippen LogP contribution in [0.4, 0.5) is 5.69 Å². The summed E-state index contributed by atoms with van der Waals surface area (Å²) in [6, 6.07) is 7.36. The first kappa shape index (κ1) is 18.0. The molecule has 0 radical (unpaired) electrons.